The van der Waals surface area contributed by atoms with E-state index in [2.05, 4.69) is 0 Å². The normalized spacial score (nSPS) is 12.8. The van der Waals surface area contributed by atoms with Crippen LogP contribution in [-0.4, -0.2) is 10.3 Å². The molecule has 0 spiro atoms. The van der Waals surface area contributed by atoms with Crippen molar-refractivity contribution in [2.75, 3.05) is 0 Å². The van der Waals surface area contributed by atoms with Crippen LogP contribution in [0.15, 0.2) is 30.3 Å². The van der Waals surface area contributed by atoms with Crippen molar-refractivity contribution in [3.8, 4) is 5.75 Å². The van der Waals surface area contributed by atoms with Gasteiger partial charge in [-0.15, -0.1) is 0 Å². The van der Waals surface area contributed by atoms with Crippen LogP contribution in [-0.2, 0) is 15.5 Å². The second-order valence-corrected chi connectivity index (χ2v) is 3.51. The third-order valence-electron chi connectivity index (χ3n) is 1.18. The van der Waals surface area contributed by atoms with E-state index < -0.39 is 11.4 Å². The molecule has 0 N–H and O–H groups in total. The average Bonchev–Trinajstić information content (AvgIpc) is 2.04. The highest BCUT2D eigenvalue weighted by Gasteiger charge is 2.04. The Balaban J connectivity index is 2.46. The van der Waals surface area contributed by atoms with Crippen LogP contribution >= 0.6 is 0 Å². The van der Waals surface area contributed by atoms with Crippen LogP contribution in [0.4, 0.5) is 0 Å². The predicted molar refractivity (Wildman–Crippen MR) is 51.4 cm³/mol. The highest BCUT2D eigenvalue weighted by Crippen LogP contribution is 2.10. The van der Waals surface area contributed by atoms with Crippen molar-refractivity contribution in [2.24, 2.45) is 0 Å². The van der Waals surface area contributed by atoms with Gasteiger partial charge in [-0.05, 0) is 26.0 Å². The molecule has 0 aromatic heterocycles. The largest absolute Gasteiger partial charge is 0.380 e. The Kier molecular flexibility index (Phi) is 3.92. The molecule has 1 unspecified atom stereocenters. The molecule has 0 heterocycles. The van der Waals surface area contributed by atoms with Crippen molar-refractivity contribution in [3.63, 3.8) is 0 Å². The molecule has 0 amide bonds. The van der Waals surface area contributed by atoms with Gasteiger partial charge in [0.05, 0.1) is 6.10 Å². The molecule has 72 valence electrons. The van der Waals surface area contributed by atoms with Crippen molar-refractivity contribution < 1.29 is 12.6 Å². The average molecular weight is 200 g/mol. The topological polar surface area (TPSA) is 35.5 Å². The van der Waals surface area contributed by atoms with E-state index in [0.29, 0.717) is 5.75 Å². The summed E-state index contributed by atoms with van der Waals surface area (Å²) in [6.45, 7) is 3.60. The van der Waals surface area contributed by atoms with Gasteiger partial charge in [0.1, 0.15) is 5.75 Å². The van der Waals surface area contributed by atoms with Crippen LogP contribution in [0, 0.1) is 0 Å². The van der Waals surface area contributed by atoms with Gasteiger partial charge in [-0.1, -0.05) is 18.2 Å². The molecule has 0 aliphatic carbocycles. The number of para-hydroxylation sites is 1. The Morgan fingerprint density at radius 3 is 2.38 bits per heavy atom. The van der Waals surface area contributed by atoms with E-state index in [1.165, 1.54) is 0 Å². The van der Waals surface area contributed by atoms with Gasteiger partial charge in [-0.3, -0.25) is 4.18 Å². The zero-order valence-electron chi connectivity index (χ0n) is 7.60. The second kappa shape index (κ2) is 4.99. The lowest BCUT2D eigenvalue weighted by atomic mass is 10.3. The minimum atomic E-state index is -1.70. The van der Waals surface area contributed by atoms with E-state index in [1.54, 1.807) is 26.0 Å². The Morgan fingerprint density at radius 2 is 1.85 bits per heavy atom. The molecular formula is C9H12O3S. The summed E-state index contributed by atoms with van der Waals surface area (Å²) in [5.74, 6) is 0.543. The molecule has 3 nitrogen and oxygen atoms in total. The van der Waals surface area contributed by atoms with Gasteiger partial charge >= 0.3 is 11.4 Å². The molecule has 0 fully saturated rings. The van der Waals surface area contributed by atoms with Crippen molar-refractivity contribution in [1.29, 1.82) is 0 Å². The summed E-state index contributed by atoms with van der Waals surface area (Å²) < 4.78 is 21.0. The summed E-state index contributed by atoms with van der Waals surface area (Å²) in [5.41, 5.74) is 0. The highest BCUT2D eigenvalue weighted by atomic mass is 32.2. The monoisotopic (exact) mass is 200 g/mol. The second-order valence-electron chi connectivity index (χ2n) is 2.75. The van der Waals surface area contributed by atoms with Crippen LogP contribution in [0.2, 0.25) is 0 Å². The molecule has 0 saturated heterocycles. The molecule has 1 rings (SSSR count). The fourth-order valence-corrected chi connectivity index (χ4v) is 1.35. The molecule has 0 aliphatic rings. The van der Waals surface area contributed by atoms with Crippen LogP contribution in [0.25, 0.3) is 0 Å². The number of rotatable bonds is 4. The van der Waals surface area contributed by atoms with Gasteiger partial charge in [0.2, 0.25) is 0 Å². The minimum Gasteiger partial charge on any atom is -0.380 e. The SMILES string of the molecule is CC(C)OS(=O)Oc1ccccc1. The van der Waals surface area contributed by atoms with Gasteiger partial charge in [-0.25, -0.2) is 0 Å². The molecule has 0 aliphatic heterocycles. The molecule has 13 heavy (non-hydrogen) atoms. The fraction of sp³-hybridized carbons (Fsp3) is 0.333. The number of hydrogen-bond acceptors (Lipinski definition) is 3. The Morgan fingerprint density at radius 1 is 1.23 bits per heavy atom. The standard InChI is InChI=1S/C9H12O3S/c1-8(2)11-13(10)12-9-6-4-3-5-7-9/h3-8H,1-2H3. The van der Waals surface area contributed by atoms with Gasteiger partial charge in [0.15, 0.2) is 0 Å². The summed E-state index contributed by atoms with van der Waals surface area (Å²) in [6, 6.07) is 8.92. The summed E-state index contributed by atoms with van der Waals surface area (Å²) >= 11 is -1.70. The highest BCUT2D eigenvalue weighted by molar-refractivity contribution is 7.75. The lowest BCUT2D eigenvalue weighted by Crippen LogP contribution is -2.10. The van der Waals surface area contributed by atoms with Crippen LogP contribution in [0.1, 0.15) is 13.8 Å². The Labute approximate surface area is 80.5 Å². The predicted octanol–water partition coefficient (Wildman–Crippen LogP) is 2.07. The quantitative estimate of drug-likeness (QED) is 0.746. The maximum absolute atomic E-state index is 11.1. The lowest BCUT2D eigenvalue weighted by molar-refractivity contribution is 0.244. The summed E-state index contributed by atoms with van der Waals surface area (Å²) in [7, 11) is 0. The van der Waals surface area contributed by atoms with E-state index in [1.807, 2.05) is 18.2 Å². The van der Waals surface area contributed by atoms with E-state index in [4.69, 9.17) is 8.37 Å². The maximum atomic E-state index is 11.1. The molecule has 1 aromatic rings. The smallest absolute Gasteiger partial charge is 0.360 e. The Bertz CT molecular complexity index is 271. The van der Waals surface area contributed by atoms with E-state index in [-0.39, 0.29) is 6.10 Å². The lowest BCUT2D eigenvalue weighted by Gasteiger charge is -2.06. The van der Waals surface area contributed by atoms with Gasteiger partial charge in [0.25, 0.3) is 0 Å². The van der Waals surface area contributed by atoms with Crippen molar-refractivity contribution >= 4 is 11.4 Å². The van der Waals surface area contributed by atoms with Gasteiger partial charge < -0.3 is 4.18 Å². The fourth-order valence-electron chi connectivity index (χ4n) is 0.731. The first kappa shape index (κ1) is 10.2. The van der Waals surface area contributed by atoms with Gasteiger partial charge in [-0.2, -0.15) is 4.21 Å². The molecule has 0 saturated carbocycles. The molecular weight excluding hydrogens is 188 g/mol. The first-order valence-electron chi connectivity index (χ1n) is 4.01. The van der Waals surface area contributed by atoms with E-state index >= 15 is 0 Å². The number of benzene rings is 1. The third-order valence-corrected chi connectivity index (χ3v) is 2.05. The van der Waals surface area contributed by atoms with Crippen LogP contribution in [0.3, 0.4) is 0 Å². The number of hydrogen-bond donors (Lipinski definition) is 0. The summed E-state index contributed by atoms with van der Waals surface area (Å²) in [6.07, 6.45) is -0.107. The zero-order chi connectivity index (χ0) is 9.68. The van der Waals surface area contributed by atoms with Crippen molar-refractivity contribution in [3.05, 3.63) is 30.3 Å². The molecule has 1 atom stereocenters. The first-order chi connectivity index (χ1) is 6.18. The van der Waals surface area contributed by atoms with Crippen molar-refractivity contribution in [2.45, 2.75) is 20.0 Å². The molecule has 0 radical (unpaired) electrons. The maximum Gasteiger partial charge on any atom is 0.360 e. The van der Waals surface area contributed by atoms with Gasteiger partial charge in [0, 0.05) is 0 Å². The summed E-state index contributed by atoms with van der Waals surface area (Å²) in [5, 5.41) is 0. The first-order valence-corrected chi connectivity index (χ1v) is 5.01. The molecule has 4 heteroatoms. The minimum absolute atomic E-state index is 0.107. The Hall–Kier alpha value is -0.870. The van der Waals surface area contributed by atoms with E-state index in [0.717, 1.165) is 0 Å². The zero-order valence-corrected chi connectivity index (χ0v) is 8.41. The van der Waals surface area contributed by atoms with E-state index in [9.17, 15) is 4.21 Å². The summed E-state index contributed by atoms with van der Waals surface area (Å²) in [4.78, 5) is 0. The molecule has 0 bridgehead atoms. The van der Waals surface area contributed by atoms with Crippen LogP contribution < -0.4 is 4.18 Å². The van der Waals surface area contributed by atoms with Crippen molar-refractivity contribution in [1.82, 2.24) is 0 Å². The third kappa shape index (κ3) is 4.05. The van der Waals surface area contributed by atoms with Crippen LogP contribution in [0.5, 0.6) is 5.75 Å². The molecule has 1 aromatic carbocycles.